The van der Waals surface area contributed by atoms with E-state index in [1.165, 1.54) is 4.90 Å². The lowest BCUT2D eigenvalue weighted by Gasteiger charge is -2.23. The van der Waals surface area contributed by atoms with Crippen LogP contribution in [0.5, 0.6) is 0 Å². The van der Waals surface area contributed by atoms with Gasteiger partial charge in [0.2, 0.25) is 5.95 Å². The van der Waals surface area contributed by atoms with Gasteiger partial charge in [0.05, 0.1) is 22.4 Å². The molecule has 8 nitrogen and oxygen atoms in total. The van der Waals surface area contributed by atoms with Crippen molar-refractivity contribution < 1.29 is 14.3 Å². The largest absolute Gasteiger partial charge is 0.447 e. The van der Waals surface area contributed by atoms with E-state index in [4.69, 9.17) is 26.1 Å². The van der Waals surface area contributed by atoms with Gasteiger partial charge in [-0.15, -0.1) is 0 Å². The molecule has 1 aliphatic heterocycles. The normalized spacial score (nSPS) is 15.9. The van der Waals surface area contributed by atoms with E-state index in [0.717, 1.165) is 11.3 Å². The molecule has 1 fully saturated rings. The second-order valence-corrected chi connectivity index (χ2v) is 7.14. The van der Waals surface area contributed by atoms with Gasteiger partial charge in [-0.1, -0.05) is 23.7 Å². The minimum Gasteiger partial charge on any atom is -0.447 e. The lowest BCUT2D eigenvalue weighted by atomic mass is 10.2. The molecule has 2 aromatic heterocycles. The minimum absolute atomic E-state index is 0.0846. The molecule has 154 valence electrons. The summed E-state index contributed by atoms with van der Waals surface area (Å²) in [4.78, 5) is 28.8. The second-order valence-electron chi connectivity index (χ2n) is 6.74. The summed E-state index contributed by atoms with van der Waals surface area (Å²) in [6.45, 7) is 2.48. The van der Waals surface area contributed by atoms with Crippen LogP contribution in [0.4, 0.5) is 22.2 Å². The van der Waals surface area contributed by atoms with Crippen LogP contribution in [-0.2, 0) is 9.47 Å². The maximum atomic E-state index is 12.0. The molecule has 30 heavy (non-hydrogen) atoms. The number of ether oxygens (including phenoxy) is 2. The fraction of sp³-hybridized carbons (Fsp3) is 0.238. The summed E-state index contributed by atoms with van der Waals surface area (Å²) in [7, 11) is 1.60. The number of amides is 1. The van der Waals surface area contributed by atoms with Crippen LogP contribution in [0, 0.1) is 0 Å². The molecule has 9 heteroatoms. The van der Waals surface area contributed by atoms with E-state index >= 15 is 0 Å². The Morgan fingerprint density at radius 2 is 2.03 bits per heavy atom. The zero-order valence-electron chi connectivity index (χ0n) is 16.5. The van der Waals surface area contributed by atoms with E-state index in [0.29, 0.717) is 29.1 Å². The Morgan fingerprint density at radius 3 is 2.77 bits per heavy atom. The lowest BCUT2D eigenvalue weighted by Crippen LogP contribution is -2.31. The number of anilines is 3. The van der Waals surface area contributed by atoms with Crippen LogP contribution in [-0.4, -0.2) is 47.5 Å². The Hall–Kier alpha value is -3.23. The van der Waals surface area contributed by atoms with E-state index in [9.17, 15) is 4.79 Å². The van der Waals surface area contributed by atoms with Crippen molar-refractivity contribution in [2.75, 3.05) is 30.2 Å². The quantitative estimate of drug-likeness (QED) is 0.545. The van der Waals surface area contributed by atoms with Crippen molar-refractivity contribution in [3.63, 3.8) is 0 Å². The molecule has 0 spiro atoms. The van der Waals surface area contributed by atoms with E-state index in [1.807, 2.05) is 37.3 Å². The molecule has 0 aliphatic carbocycles. The van der Waals surface area contributed by atoms with Crippen molar-refractivity contribution in [1.29, 1.82) is 0 Å². The number of carbonyl (C=O) groups excluding carboxylic acids is 1. The fourth-order valence-electron chi connectivity index (χ4n) is 3.22. The fourth-order valence-corrected chi connectivity index (χ4v) is 3.46. The van der Waals surface area contributed by atoms with Crippen LogP contribution in [0.25, 0.3) is 11.3 Å². The van der Waals surface area contributed by atoms with Crippen LogP contribution in [0.3, 0.4) is 0 Å². The summed E-state index contributed by atoms with van der Waals surface area (Å²) < 4.78 is 10.4. The highest BCUT2D eigenvalue weighted by atomic mass is 35.5. The molecule has 0 radical (unpaired) electrons. The van der Waals surface area contributed by atoms with Gasteiger partial charge in [0.1, 0.15) is 19.2 Å². The van der Waals surface area contributed by atoms with Gasteiger partial charge in [-0.3, -0.25) is 9.80 Å². The first kappa shape index (κ1) is 20.1. The minimum atomic E-state index is -0.402. The van der Waals surface area contributed by atoms with Crippen molar-refractivity contribution in [2.45, 2.75) is 13.0 Å². The molecule has 1 amide bonds. The second kappa shape index (κ2) is 8.64. The van der Waals surface area contributed by atoms with Gasteiger partial charge in [0.15, 0.2) is 0 Å². The maximum Gasteiger partial charge on any atom is 0.415 e. The molecule has 0 unspecified atom stereocenters. The Kier molecular flexibility index (Phi) is 5.78. The number of aromatic nitrogens is 3. The van der Waals surface area contributed by atoms with Crippen LogP contribution in [0.2, 0.25) is 5.02 Å². The third-order valence-corrected chi connectivity index (χ3v) is 4.98. The maximum absolute atomic E-state index is 12.0. The van der Waals surface area contributed by atoms with Gasteiger partial charge in [-0.2, -0.15) is 0 Å². The molecule has 0 saturated carbocycles. The van der Waals surface area contributed by atoms with Crippen molar-refractivity contribution in [1.82, 2.24) is 15.0 Å². The number of hydrogen-bond acceptors (Lipinski definition) is 7. The highest BCUT2D eigenvalue weighted by Crippen LogP contribution is 2.31. The first-order valence-electron chi connectivity index (χ1n) is 9.35. The lowest BCUT2D eigenvalue weighted by molar-refractivity contribution is 0.179. The number of benzene rings is 1. The third kappa shape index (κ3) is 3.92. The monoisotopic (exact) mass is 425 g/mol. The van der Waals surface area contributed by atoms with E-state index in [-0.39, 0.29) is 12.8 Å². The molecule has 1 aliphatic rings. The Balaban J connectivity index is 1.70. The number of halogens is 1. The first-order chi connectivity index (χ1) is 14.6. The Labute approximate surface area is 179 Å². The summed E-state index contributed by atoms with van der Waals surface area (Å²) in [5, 5.41) is 0.566. The number of para-hydroxylation sites is 1. The molecule has 1 atom stereocenters. The van der Waals surface area contributed by atoms with Gasteiger partial charge in [-0.25, -0.2) is 19.7 Å². The predicted molar refractivity (Wildman–Crippen MR) is 114 cm³/mol. The molecule has 0 N–H and O–H groups in total. The first-order valence-corrected chi connectivity index (χ1v) is 9.72. The Morgan fingerprint density at radius 1 is 1.23 bits per heavy atom. The van der Waals surface area contributed by atoms with E-state index in [1.54, 1.807) is 36.5 Å². The Bertz CT molecular complexity index is 1060. The van der Waals surface area contributed by atoms with Crippen molar-refractivity contribution in [3.05, 3.63) is 59.9 Å². The SMILES string of the molecule is COCN(c1nccc(-c2ccnc(N3C(=O)OC[C@@H]3C)c2)n1)c1ccccc1Cl. The third-order valence-electron chi connectivity index (χ3n) is 4.66. The number of hydrogen-bond donors (Lipinski definition) is 0. The van der Waals surface area contributed by atoms with Gasteiger partial charge in [0.25, 0.3) is 0 Å². The molecule has 4 rings (SSSR count). The summed E-state index contributed by atoms with van der Waals surface area (Å²) in [6.07, 6.45) is 2.91. The van der Waals surface area contributed by atoms with E-state index in [2.05, 4.69) is 9.97 Å². The van der Waals surface area contributed by atoms with Crippen molar-refractivity contribution in [2.24, 2.45) is 0 Å². The van der Waals surface area contributed by atoms with Gasteiger partial charge < -0.3 is 9.47 Å². The average molecular weight is 426 g/mol. The number of cyclic esters (lactones) is 1. The van der Waals surface area contributed by atoms with Crippen LogP contribution in [0.15, 0.2) is 54.9 Å². The van der Waals surface area contributed by atoms with Crippen molar-refractivity contribution >= 4 is 35.1 Å². The van der Waals surface area contributed by atoms with Gasteiger partial charge in [0, 0.05) is 25.1 Å². The van der Waals surface area contributed by atoms with Gasteiger partial charge in [-0.05, 0) is 37.3 Å². The molecule has 1 saturated heterocycles. The molecule has 3 aromatic rings. The smallest absolute Gasteiger partial charge is 0.415 e. The van der Waals surface area contributed by atoms with Crippen LogP contribution >= 0.6 is 11.6 Å². The highest BCUT2D eigenvalue weighted by molar-refractivity contribution is 6.33. The number of pyridine rings is 1. The predicted octanol–water partition coefficient (Wildman–Crippen LogP) is 4.28. The molecular weight excluding hydrogens is 406 g/mol. The van der Waals surface area contributed by atoms with Crippen LogP contribution < -0.4 is 9.80 Å². The zero-order chi connectivity index (χ0) is 21.1. The zero-order valence-corrected chi connectivity index (χ0v) is 17.3. The average Bonchev–Trinajstić information content (AvgIpc) is 3.11. The summed E-state index contributed by atoms with van der Waals surface area (Å²) >= 11 is 6.37. The highest BCUT2D eigenvalue weighted by Gasteiger charge is 2.32. The summed E-state index contributed by atoms with van der Waals surface area (Å²) in [6, 6.07) is 12.8. The molecule has 0 bridgehead atoms. The van der Waals surface area contributed by atoms with Crippen LogP contribution in [0.1, 0.15) is 6.92 Å². The molecule has 3 heterocycles. The number of carbonyl (C=O) groups is 1. The summed E-state index contributed by atoms with van der Waals surface area (Å²) in [5.41, 5.74) is 2.21. The van der Waals surface area contributed by atoms with Gasteiger partial charge >= 0.3 is 6.09 Å². The summed E-state index contributed by atoms with van der Waals surface area (Å²) in [5.74, 6) is 0.956. The molecule has 1 aromatic carbocycles. The number of rotatable bonds is 6. The van der Waals surface area contributed by atoms with E-state index < -0.39 is 6.09 Å². The number of methoxy groups -OCH3 is 1. The molecular formula is C21H20ClN5O3. The topological polar surface area (TPSA) is 80.7 Å². The van der Waals surface area contributed by atoms with Crippen molar-refractivity contribution in [3.8, 4) is 11.3 Å². The number of nitrogens with zero attached hydrogens (tertiary/aromatic N) is 5. The standard InChI is InChI=1S/C21H20ClN5O3/c1-14-12-30-21(28)27(14)19-11-15(7-9-23-19)17-8-10-24-20(25-17)26(13-29-2)18-6-4-3-5-16(18)22/h3-11,14H,12-13H2,1-2H3/t14-/m0/s1.